The summed E-state index contributed by atoms with van der Waals surface area (Å²) in [7, 11) is 0. The van der Waals surface area contributed by atoms with Crippen molar-refractivity contribution in [2.24, 2.45) is 0 Å². The van der Waals surface area contributed by atoms with Crippen LogP contribution in [0.5, 0.6) is 0 Å². The van der Waals surface area contributed by atoms with Crippen molar-refractivity contribution >= 4 is 11.6 Å². The van der Waals surface area contributed by atoms with Gasteiger partial charge in [0.15, 0.2) is 0 Å². The van der Waals surface area contributed by atoms with Crippen LogP contribution in [0.3, 0.4) is 0 Å². The second-order valence-corrected chi connectivity index (χ2v) is 6.38. The molecule has 3 aromatic rings. The van der Waals surface area contributed by atoms with Crippen LogP contribution in [0.2, 0.25) is 5.02 Å². The van der Waals surface area contributed by atoms with Crippen molar-refractivity contribution in [3.8, 4) is 5.69 Å². The minimum atomic E-state index is -4.32. The van der Waals surface area contributed by atoms with Crippen LogP contribution in [0.1, 0.15) is 34.9 Å². The maximum Gasteiger partial charge on any atom is 0.416 e. The first kappa shape index (κ1) is 16.1. The molecule has 0 amide bonds. The highest BCUT2D eigenvalue weighted by Gasteiger charge is 2.42. The van der Waals surface area contributed by atoms with Crippen LogP contribution in [-0.4, -0.2) is 20.0 Å². The third-order valence-electron chi connectivity index (χ3n) is 4.41. The van der Waals surface area contributed by atoms with E-state index in [4.69, 9.17) is 11.6 Å². The molecule has 128 valence electrons. The Labute approximate surface area is 146 Å². The van der Waals surface area contributed by atoms with Gasteiger partial charge in [0.2, 0.25) is 0 Å². The zero-order valence-electron chi connectivity index (χ0n) is 12.8. The highest BCUT2D eigenvalue weighted by Crippen LogP contribution is 2.57. The van der Waals surface area contributed by atoms with Gasteiger partial charge in [0, 0.05) is 11.8 Å². The first-order valence-corrected chi connectivity index (χ1v) is 8.00. The Morgan fingerprint density at radius 1 is 1.08 bits per heavy atom. The molecule has 0 saturated heterocycles. The van der Waals surface area contributed by atoms with Crippen LogP contribution < -0.4 is 0 Å². The molecular formula is C17H12ClF3N4. The molecular weight excluding hydrogens is 353 g/mol. The zero-order valence-corrected chi connectivity index (χ0v) is 13.5. The molecule has 0 radical (unpaired) electrons. The fourth-order valence-electron chi connectivity index (χ4n) is 3.12. The molecule has 1 aromatic carbocycles. The summed E-state index contributed by atoms with van der Waals surface area (Å²) in [5.41, 5.74) is 1.87. The van der Waals surface area contributed by atoms with E-state index in [2.05, 4.69) is 15.3 Å². The Morgan fingerprint density at radius 2 is 1.84 bits per heavy atom. The lowest BCUT2D eigenvalue weighted by atomic mass is 10.0. The third-order valence-corrected chi connectivity index (χ3v) is 4.72. The fraction of sp³-hybridized carbons (Fsp3) is 0.235. The highest BCUT2D eigenvalue weighted by molar-refractivity contribution is 6.31. The molecule has 4 nitrogen and oxygen atoms in total. The maximum absolute atomic E-state index is 12.7. The summed E-state index contributed by atoms with van der Waals surface area (Å²) in [5, 5.41) is 8.29. The van der Waals surface area contributed by atoms with Gasteiger partial charge in [-0.05, 0) is 36.0 Å². The number of benzene rings is 1. The minimum absolute atomic E-state index is 0.117. The van der Waals surface area contributed by atoms with E-state index < -0.39 is 11.7 Å². The largest absolute Gasteiger partial charge is 0.416 e. The normalized spacial score (nSPS) is 19.8. The molecule has 25 heavy (non-hydrogen) atoms. The van der Waals surface area contributed by atoms with Crippen LogP contribution in [0.15, 0.2) is 49.1 Å². The minimum Gasteiger partial charge on any atom is -0.261 e. The number of hydrogen-bond donors (Lipinski definition) is 0. The van der Waals surface area contributed by atoms with Crippen molar-refractivity contribution in [3.63, 3.8) is 0 Å². The molecule has 2 unspecified atom stereocenters. The number of aromatic nitrogens is 4. The molecule has 1 saturated carbocycles. The Hall–Kier alpha value is -2.41. The lowest BCUT2D eigenvalue weighted by molar-refractivity contribution is -0.137. The quantitative estimate of drug-likeness (QED) is 0.682. The van der Waals surface area contributed by atoms with Crippen LogP contribution in [-0.2, 0) is 6.18 Å². The number of pyridine rings is 1. The Morgan fingerprint density at radius 3 is 2.48 bits per heavy atom. The summed E-state index contributed by atoms with van der Waals surface area (Å²) in [6.07, 6.45) is 2.99. The molecule has 1 aliphatic carbocycles. The standard InChI is InChI=1S/C17H12ClF3N4/c18-14-8-22-9-15(25-6-5-23-24-25)16(14)13-7-12(13)10-1-3-11(4-2-10)17(19,20)21/h1-6,8-9,12-13H,7H2. The van der Waals surface area contributed by atoms with Crippen molar-refractivity contribution in [1.29, 1.82) is 0 Å². The van der Waals surface area contributed by atoms with Gasteiger partial charge in [0.25, 0.3) is 0 Å². The van der Waals surface area contributed by atoms with Crippen LogP contribution in [0.25, 0.3) is 5.69 Å². The average molecular weight is 365 g/mol. The van der Waals surface area contributed by atoms with Gasteiger partial charge in [-0.2, -0.15) is 13.2 Å². The number of nitrogens with zero attached hydrogens (tertiary/aromatic N) is 4. The van der Waals surface area contributed by atoms with Gasteiger partial charge >= 0.3 is 6.18 Å². The predicted molar refractivity (Wildman–Crippen MR) is 85.7 cm³/mol. The van der Waals surface area contributed by atoms with Crippen molar-refractivity contribution in [2.45, 2.75) is 24.4 Å². The van der Waals surface area contributed by atoms with E-state index in [0.717, 1.165) is 35.4 Å². The van der Waals surface area contributed by atoms with Gasteiger partial charge in [0.1, 0.15) is 0 Å². The topological polar surface area (TPSA) is 43.6 Å². The van der Waals surface area contributed by atoms with Gasteiger partial charge in [-0.15, -0.1) is 5.10 Å². The predicted octanol–water partition coefficient (Wildman–Crippen LogP) is 4.61. The van der Waals surface area contributed by atoms with Gasteiger partial charge in [-0.25, -0.2) is 4.68 Å². The Balaban J connectivity index is 1.64. The first-order valence-electron chi connectivity index (χ1n) is 7.62. The molecule has 0 spiro atoms. The van der Waals surface area contributed by atoms with E-state index >= 15 is 0 Å². The molecule has 2 aromatic heterocycles. The van der Waals surface area contributed by atoms with Crippen molar-refractivity contribution in [2.75, 3.05) is 0 Å². The van der Waals surface area contributed by atoms with Gasteiger partial charge < -0.3 is 0 Å². The molecule has 4 rings (SSSR count). The third kappa shape index (κ3) is 3.00. The highest BCUT2D eigenvalue weighted by atomic mass is 35.5. The van der Waals surface area contributed by atoms with Crippen molar-refractivity contribution in [3.05, 3.63) is 70.8 Å². The van der Waals surface area contributed by atoms with E-state index in [-0.39, 0.29) is 11.8 Å². The molecule has 2 atom stereocenters. The van der Waals surface area contributed by atoms with Crippen LogP contribution in [0, 0.1) is 0 Å². The summed E-state index contributed by atoms with van der Waals surface area (Å²) < 4.78 is 39.7. The van der Waals surface area contributed by atoms with E-state index in [1.807, 2.05) is 0 Å². The lowest BCUT2D eigenvalue weighted by Crippen LogP contribution is -2.04. The van der Waals surface area contributed by atoms with Crippen molar-refractivity contribution in [1.82, 2.24) is 20.0 Å². The monoisotopic (exact) mass is 364 g/mol. The number of halogens is 4. The Kier molecular flexibility index (Phi) is 3.76. The molecule has 0 N–H and O–H groups in total. The van der Waals surface area contributed by atoms with Gasteiger partial charge in [-0.1, -0.05) is 28.9 Å². The summed E-state index contributed by atoms with van der Waals surface area (Å²) in [6, 6.07) is 5.32. The second kappa shape index (κ2) is 5.84. The van der Waals surface area contributed by atoms with E-state index in [1.54, 1.807) is 29.5 Å². The summed E-state index contributed by atoms with van der Waals surface area (Å²) in [4.78, 5) is 4.10. The molecule has 2 heterocycles. The summed E-state index contributed by atoms with van der Waals surface area (Å²) in [5.74, 6) is 0.246. The molecule has 0 bridgehead atoms. The molecule has 0 aliphatic heterocycles. The lowest BCUT2D eigenvalue weighted by Gasteiger charge is -2.11. The summed E-state index contributed by atoms with van der Waals surface area (Å²) >= 11 is 6.35. The SMILES string of the molecule is FC(F)(F)c1ccc(C2CC2c2c(Cl)cncc2-n2ccnn2)cc1. The maximum atomic E-state index is 12.7. The smallest absolute Gasteiger partial charge is 0.261 e. The van der Waals surface area contributed by atoms with Gasteiger partial charge in [0.05, 0.1) is 34.9 Å². The molecule has 1 fully saturated rings. The molecule has 1 aliphatic rings. The second-order valence-electron chi connectivity index (χ2n) is 5.97. The van der Waals surface area contributed by atoms with E-state index in [0.29, 0.717) is 5.02 Å². The number of alkyl halides is 3. The fourth-order valence-corrected chi connectivity index (χ4v) is 3.42. The molecule has 8 heteroatoms. The van der Waals surface area contributed by atoms with Crippen LogP contribution >= 0.6 is 11.6 Å². The van der Waals surface area contributed by atoms with Crippen molar-refractivity contribution < 1.29 is 13.2 Å². The number of hydrogen-bond acceptors (Lipinski definition) is 3. The van der Waals surface area contributed by atoms with Gasteiger partial charge in [-0.3, -0.25) is 4.98 Å². The van der Waals surface area contributed by atoms with E-state index in [1.165, 1.54) is 12.1 Å². The number of rotatable bonds is 3. The van der Waals surface area contributed by atoms with E-state index in [9.17, 15) is 13.2 Å². The zero-order chi connectivity index (χ0) is 17.6. The first-order chi connectivity index (χ1) is 11.9. The average Bonchev–Trinajstić information content (AvgIpc) is 3.17. The summed E-state index contributed by atoms with van der Waals surface area (Å²) in [6.45, 7) is 0. The van der Waals surface area contributed by atoms with Crippen LogP contribution in [0.4, 0.5) is 13.2 Å². The Bertz CT molecular complexity index is 891.